The molecule has 0 atom stereocenters. The summed E-state index contributed by atoms with van der Waals surface area (Å²) in [4.78, 5) is 0.626. The maximum Gasteiger partial charge on any atom is 0.161 e. The molecule has 0 N–H and O–H groups in total. The van der Waals surface area contributed by atoms with Crippen LogP contribution in [0, 0.1) is 22.7 Å². The fraction of sp³-hybridized carbons (Fsp3) is 0.231. The summed E-state index contributed by atoms with van der Waals surface area (Å²) < 4.78 is 10.3. The van der Waals surface area contributed by atoms with Gasteiger partial charge in [-0.2, -0.15) is 10.5 Å². The van der Waals surface area contributed by atoms with Crippen LogP contribution in [0.5, 0.6) is 11.5 Å². The van der Waals surface area contributed by atoms with Crippen LogP contribution in [0.1, 0.15) is 5.56 Å². The maximum atomic E-state index is 8.92. The molecule has 18 heavy (non-hydrogen) atoms. The van der Waals surface area contributed by atoms with Gasteiger partial charge in [-0.25, -0.2) is 0 Å². The van der Waals surface area contributed by atoms with Crippen molar-refractivity contribution < 1.29 is 9.47 Å². The monoisotopic (exact) mass is 260 g/mol. The molecule has 0 heterocycles. The quantitative estimate of drug-likeness (QED) is 0.779. The Bertz CT molecular complexity index is 537. The Labute approximate surface area is 110 Å². The first-order chi connectivity index (χ1) is 8.71. The Morgan fingerprint density at radius 1 is 1.11 bits per heavy atom. The summed E-state index contributed by atoms with van der Waals surface area (Å²) in [5.74, 6) is 1.17. The van der Waals surface area contributed by atoms with E-state index in [1.54, 1.807) is 32.4 Å². The lowest BCUT2D eigenvalue weighted by Gasteiger charge is -2.10. The number of thioether (sulfide) groups is 1. The van der Waals surface area contributed by atoms with Gasteiger partial charge in [0.1, 0.15) is 17.7 Å². The van der Waals surface area contributed by atoms with Crippen LogP contribution in [0.15, 0.2) is 23.8 Å². The predicted octanol–water partition coefficient (Wildman–Crippen LogP) is 2.83. The van der Waals surface area contributed by atoms with Gasteiger partial charge in [0.2, 0.25) is 0 Å². The second kappa shape index (κ2) is 6.58. The van der Waals surface area contributed by atoms with Gasteiger partial charge < -0.3 is 9.47 Å². The van der Waals surface area contributed by atoms with Gasteiger partial charge in [-0.05, 0) is 30.0 Å². The van der Waals surface area contributed by atoms with Crippen LogP contribution < -0.4 is 9.47 Å². The standard InChI is InChI=1S/C13H12N2O2S/c1-16-11-5-4-9(6-12(11)17-2)13(18-3)10(7-14)8-15/h4-6H,1-3H3. The number of hydrogen-bond acceptors (Lipinski definition) is 5. The molecule has 0 aliphatic rings. The SMILES string of the molecule is COc1ccc(C(SC)=C(C#N)C#N)cc1OC. The van der Waals surface area contributed by atoms with Crippen LogP contribution in [-0.2, 0) is 0 Å². The summed E-state index contributed by atoms with van der Waals surface area (Å²) in [5, 5.41) is 17.8. The van der Waals surface area contributed by atoms with Gasteiger partial charge in [0.15, 0.2) is 11.5 Å². The third-order valence-electron chi connectivity index (χ3n) is 2.30. The lowest BCUT2D eigenvalue weighted by Crippen LogP contribution is -1.92. The van der Waals surface area contributed by atoms with Crippen LogP contribution in [0.2, 0.25) is 0 Å². The second-order valence-corrected chi connectivity index (χ2v) is 4.02. The fourth-order valence-corrected chi connectivity index (χ4v) is 2.13. The van der Waals surface area contributed by atoms with Crippen molar-refractivity contribution in [2.24, 2.45) is 0 Å². The summed E-state index contributed by atoms with van der Waals surface area (Å²) in [7, 11) is 3.10. The molecule has 1 aromatic rings. The minimum absolute atomic E-state index is 0.0923. The van der Waals surface area contributed by atoms with Crippen molar-refractivity contribution in [1.29, 1.82) is 10.5 Å². The first-order valence-electron chi connectivity index (χ1n) is 5.02. The van der Waals surface area contributed by atoms with E-state index in [0.29, 0.717) is 16.4 Å². The van der Waals surface area contributed by atoms with Crippen LogP contribution in [-0.4, -0.2) is 20.5 Å². The summed E-state index contributed by atoms with van der Waals surface area (Å²) >= 11 is 1.35. The largest absolute Gasteiger partial charge is 0.493 e. The Kier molecular flexibility index (Phi) is 5.10. The number of rotatable bonds is 4. The van der Waals surface area contributed by atoms with Crippen LogP contribution in [0.25, 0.3) is 4.91 Å². The molecule has 0 radical (unpaired) electrons. The number of methoxy groups -OCH3 is 2. The molecular formula is C13H12N2O2S. The Hall–Kier alpha value is -2.11. The van der Waals surface area contributed by atoms with E-state index in [0.717, 1.165) is 5.56 Å². The number of benzene rings is 1. The van der Waals surface area contributed by atoms with E-state index in [2.05, 4.69) is 0 Å². The van der Waals surface area contributed by atoms with E-state index in [4.69, 9.17) is 20.0 Å². The molecule has 4 nitrogen and oxygen atoms in total. The molecule has 0 amide bonds. The molecule has 0 fully saturated rings. The maximum absolute atomic E-state index is 8.92. The molecule has 0 spiro atoms. The Balaban J connectivity index is 3.39. The molecule has 92 valence electrons. The smallest absolute Gasteiger partial charge is 0.161 e. The van der Waals surface area contributed by atoms with Crippen molar-refractivity contribution in [1.82, 2.24) is 0 Å². The van der Waals surface area contributed by atoms with Crippen molar-refractivity contribution in [3.05, 3.63) is 29.3 Å². The zero-order chi connectivity index (χ0) is 13.5. The fourth-order valence-electron chi connectivity index (χ4n) is 1.47. The second-order valence-electron chi connectivity index (χ2n) is 3.20. The van der Waals surface area contributed by atoms with Gasteiger partial charge in [-0.15, -0.1) is 11.8 Å². The lowest BCUT2D eigenvalue weighted by atomic mass is 10.1. The highest BCUT2D eigenvalue weighted by molar-refractivity contribution is 8.07. The molecule has 5 heteroatoms. The van der Waals surface area contributed by atoms with E-state index in [1.807, 2.05) is 18.4 Å². The highest BCUT2D eigenvalue weighted by Crippen LogP contribution is 2.35. The third kappa shape index (κ3) is 2.77. The summed E-state index contributed by atoms with van der Waals surface area (Å²) in [6.07, 6.45) is 1.82. The van der Waals surface area contributed by atoms with Gasteiger partial charge in [0.25, 0.3) is 0 Å². The van der Waals surface area contributed by atoms with Crippen molar-refractivity contribution >= 4 is 16.7 Å². The molecule has 0 bridgehead atoms. The van der Waals surface area contributed by atoms with Crippen molar-refractivity contribution in [2.75, 3.05) is 20.5 Å². The zero-order valence-corrected chi connectivity index (χ0v) is 11.2. The van der Waals surface area contributed by atoms with Crippen molar-refractivity contribution in [3.8, 4) is 23.6 Å². The molecule has 0 saturated heterocycles. The summed E-state index contributed by atoms with van der Waals surface area (Å²) in [6.45, 7) is 0. The van der Waals surface area contributed by atoms with E-state index in [9.17, 15) is 0 Å². The third-order valence-corrected chi connectivity index (χ3v) is 3.15. The van der Waals surface area contributed by atoms with Crippen molar-refractivity contribution in [3.63, 3.8) is 0 Å². The number of allylic oxidation sites excluding steroid dienone is 1. The topological polar surface area (TPSA) is 66.0 Å². The zero-order valence-electron chi connectivity index (χ0n) is 10.4. The first-order valence-corrected chi connectivity index (χ1v) is 6.25. The summed E-state index contributed by atoms with van der Waals surface area (Å²) in [5.41, 5.74) is 0.855. The normalized spacial score (nSPS) is 8.94. The minimum atomic E-state index is 0.0923. The molecule has 0 saturated carbocycles. The molecule has 0 aliphatic heterocycles. The number of ether oxygens (including phenoxy) is 2. The Morgan fingerprint density at radius 3 is 2.17 bits per heavy atom. The average Bonchev–Trinajstić information content (AvgIpc) is 2.43. The van der Waals surface area contributed by atoms with Gasteiger partial charge in [0, 0.05) is 4.91 Å². The van der Waals surface area contributed by atoms with E-state index in [1.165, 1.54) is 11.8 Å². The van der Waals surface area contributed by atoms with Crippen LogP contribution in [0.4, 0.5) is 0 Å². The molecule has 0 unspecified atom stereocenters. The predicted molar refractivity (Wildman–Crippen MR) is 71.2 cm³/mol. The number of nitriles is 2. The number of hydrogen-bond donors (Lipinski definition) is 0. The minimum Gasteiger partial charge on any atom is -0.493 e. The van der Waals surface area contributed by atoms with E-state index in [-0.39, 0.29) is 5.57 Å². The van der Waals surface area contributed by atoms with Gasteiger partial charge in [-0.1, -0.05) is 0 Å². The van der Waals surface area contributed by atoms with E-state index < -0.39 is 0 Å². The van der Waals surface area contributed by atoms with Crippen molar-refractivity contribution in [2.45, 2.75) is 0 Å². The van der Waals surface area contributed by atoms with Gasteiger partial charge in [-0.3, -0.25) is 0 Å². The highest BCUT2D eigenvalue weighted by atomic mass is 32.2. The molecule has 1 rings (SSSR count). The molecule has 0 aliphatic carbocycles. The molecule has 0 aromatic heterocycles. The van der Waals surface area contributed by atoms with Crippen LogP contribution >= 0.6 is 11.8 Å². The van der Waals surface area contributed by atoms with E-state index >= 15 is 0 Å². The molecular weight excluding hydrogens is 248 g/mol. The first kappa shape index (κ1) is 14.0. The van der Waals surface area contributed by atoms with Gasteiger partial charge >= 0.3 is 0 Å². The number of nitrogens with zero attached hydrogens (tertiary/aromatic N) is 2. The average molecular weight is 260 g/mol. The lowest BCUT2D eigenvalue weighted by molar-refractivity contribution is 0.355. The summed E-state index contributed by atoms with van der Waals surface area (Å²) in [6, 6.07) is 9.08. The molecule has 1 aromatic carbocycles. The van der Waals surface area contributed by atoms with Gasteiger partial charge in [0.05, 0.1) is 14.2 Å². The Morgan fingerprint density at radius 2 is 1.72 bits per heavy atom. The van der Waals surface area contributed by atoms with Crippen LogP contribution in [0.3, 0.4) is 0 Å². The highest BCUT2D eigenvalue weighted by Gasteiger charge is 2.11.